The van der Waals surface area contributed by atoms with Crippen LogP contribution in [0.4, 0.5) is 0 Å². The summed E-state index contributed by atoms with van der Waals surface area (Å²) in [5, 5.41) is 0. The molecule has 6 heteroatoms. The summed E-state index contributed by atoms with van der Waals surface area (Å²) in [5.74, 6) is 0.662. The molecule has 1 aromatic rings. The monoisotopic (exact) mass is 443 g/mol. The fraction of sp³-hybridized carbons (Fsp3) is 0.739. The van der Waals surface area contributed by atoms with Gasteiger partial charge in [0.05, 0.1) is 15.5 Å². The van der Waals surface area contributed by atoms with E-state index in [9.17, 15) is 16.8 Å². The standard InChI is InChI=1S/C23H39O4S2/c1-4-6-8-10-14-21(15-11-9-7-5-2)16-13-19-29(26,27)23-18-12-17-22(20-23)28(3,24)25/h12,18,20-21H,4-11,13-16,19H2,1-3H3. The van der Waals surface area contributed by atoms with Gasteiger partial charge in [0.25, 0.3) is 0 Å². The molecule has 0 saturated heterocycles. The van der Waals surface area contributed by atoms with Crippen LogP contribution in [0.3, 0.4) is 0 Å². The first-order valence-electron chi connectivity index (χ1n) is 11.1. The average molecular weight is 444 g/mol. The van der Waals surface area contributed by atoms with Gasteiger partial charge in [0, 0.05) is 12.3 Å². The van der Waals surface area contributed by atoms with Crippen molar-refractivity contribution in [1.29, 1.82) is 0 Å². The van der Waals surface area contributed by atoms with Crippen molar-refractivity contribution in [2.45, 2.75) is 101 Å². The van der Waals surface area contributed by atoms with Gasteiger partial charge in [0.1, 0.15) is 0 Å². The van der Waals surface area contributed by atoms with Crippen LogP contribution in [0.15, 0.2) is 28.0 Å². The third kappa shape index (κ3) is 10.6. The molecule has 1 radical (unpaired) electrons. The number of sulfone groups is 2. The van der Waals surface area contributed by atoms with Gasteiger partial charge in [0.2, 0.25) is 0 Å². The van der Waals surface area contributed by atoms with Crippen molar-refractivity contribution < 1.29 is 16.8 Å². The van der Waals surface area contributed by atoms with Crippen molar-refractivity contribution in [3.63, 3.8) is 0 Å². The molecule has 29 heavy (non-hydrogen) atoms. The van der Waals surface area contributed by atoms with E-state index in [4.69, 9.17) is 0 Å². The molecule has 0 aliphatic rings. The lowest BCUT2D eigenvalue weighted by Gasteiger charge is -2.17. The van der Waals surface area contributed by atoms with Crippen molar-refractivity contribution in [1.82, 2.24) is 0 Å². The van der Waals surface area contributed by atoms with Gasteiger partial charge in [-0.3, -0.25) is 0 Å². The smallest absolute Gasteiger partial charge is 0.178 e. The van der Waals surface area contributed by atoms with Gasteiger partial charge in [-0.25, -0.2) is 16.8 Å². The second-order valence-electron chi connectivity index (χ2n) is 8.19. The fourth-order valence-corrected chi connectivity index (χ4v) is 5.72. The minimum absolute atomic E-state index is 0.0664. The number of rotatable bonds is 16. The van der Waals surface area contributed by atoms with E-state index in [1.165, 1.54) is 82.4 Å². The highest BCUT2D eigenvalue weighted by molar-refractivity contribution is 7.92. The van der Waals surface area contributed by atoms with Crippen molar-refractivity contribution in [2.24, 2.45) is 5.92 Å². The van der Waals surface area contributed by atoms with Gasteiger partial charge in [0.15, 0.2) is 19.7 Å². The van der Waals surface area contributed by atoms with Crippen LogP contribution in [0, 0.1) is 12.0 Å². The minimum Gasteiger partial charge on any atom is -0.224 e. The van der Waals surface area contributed by atoms with Crippen molar-refractivity contribution >= 4 is 19.7 Å². The summed E-state index contributed by atoms with van der Waals surface area (Å²) >= 11 is 0. The molecule has 0 aliphatic heterocycles. The van der Waals surface area contributed by atoms with Crippen LogP contribution in [0.25, 0.3) is 0 Å². The van der Waals surface area contributed by atoms with Crippen molar-refractivity contribution in [3.8, 4) is 0 Å². The van der Waals surface area contributed by atoms with Gasteiger partial charge in [-0.15, -0.1) is 0 Å². The Balaban J connectivity index is 2.63. The Kier molecular flexibility index (Phi) is 12.1. The summed E-state index contributed by atoms with van der Waals surface area (Å²) in [6.45, 7) is 4.42. The summed E-state index contributed by atoms with van der Waals surface area (Å²) in [4.78, 5) is 0.0161. The average Bonchev–Trinajstić information content (AvgIpc) is 2.67. The molecule has 0 heterocycles. The second-order valence-corrected chi connectivity index (χ2v) is 12.3. The van der Waals surface area contributed by atoms with Gasteiger partial charge in [-0.05, 0) is 30.9 Å². The van der Waals surface area contributed by atoms with Gasteiger partial charge >= 0.3 is 0 Å². The summed E-state index contributed by atoms with van der Waals surface area (Å²) in [5.41, 5.74) is 0. The summed E-state index contributed by atoms with van der Waals surface area (Å²) in [6, 6.07) is 6.67. The Labute approximate surface area is 179 Å². The zero-order valence-electron chi connectivity index (χ0n) is 18.5. The molecule has 1 rings (SSSR count). The first-order valence-corrected chi connectivity index (χ1v) is 14.7. The van der Waals surface area contributed by atoms with E-state index in [0.717, 1.165) is 12.7 Å². The Hall–Kier alpha value is -0.880. The van der Waals surface area contributed by atoms with E-state index in [2.05, 4.69) is 19.9 Å². The normalized spacial score (nSPS) is 12.6. The highest BCUT2D eigenvalue weighted by Crippen LogP contribution is 2.24. The molecule has 0 N–H and O–H groups in total. The Morgan fingerprint density at radius 1 is 0.828 bits per heavy atom. The predicted octanol–water partition coefficient (Wildman–Crippen LogP) is 6.00. The quantitative estimate of drug-likeness (QED) is 0.294. The fourth-order valence-electron chi connectivity index (χ4n) is 3.66. The molecule has 167 valence electrons. The molecular weight excluding hydrogens is 404 g/mol. The Morgan fingerprint density at radius 3 is 1.90 bits per heavy atom. The number of benzene rings is 1. The maximum atomic E-state index is 12.7. The van der Waals surface area contributed by atoms with Crippen molar-refractivity contribution in [3.05, 3.63) is 24.3 Å². The van der Waals surface area contributed by atoms with Crippen LogP contribution < -0.4 is 0 Å². The van der Waals surface area contributed by atoms with E-state index >= 15 is 0 Å². The molecule has 4 nitrogen and oxygen atoms in total. The van der Waals surface area contributed by atoms with Gasteiger partial charge in [-0.2, -0.15) is 0 Å². The molecule has 0 spiro atoms. The lowest BCUT2D eigenvalue weighted by Crippen LogP contribution is -2.10. The van der Waals surface area contributed by atoms with E-state index < -0.39 is 19.7 Å². The SMILES string of the molecule is CCCCCCC(CCCCCC)CCCS(=O)(=O)c1cc[c]c(S(C)(=O)=O)c1. The topological polar surface area (TPSA) is 68.3 Å². The lowest BCUT2D eigenvalue weighted by atomic mass is 9.91. The van der Waals surface area contributed by atoms with E-state index in [1.807, 2.05) is 0 Å². The second kappa shape index (κ2) is 13.4. The lowest BCUT2D eigenvalue weighted by molar-refractivity contribution is 0.379. The van der Waals surface area contributed by atoms with E-state index in [-0.39, 0.29) is 15.5 Å². The van der Waals surface area contributed by atoms with Gasteiger partial charge < -0.3 is 0 Å². The molecule has 0 aliphatic carbocycles. The van der Waals surface area contributed by atoms with Crippen molar-refractivity contribution in [2.75, 3.05) is 12.0 Å². The molecule has 0 atom stereocenters. The largest absolute Gasteiger partial charge is 0.224 e. The summed E-state index contributed by atoms with van der Waals surface area (Å²) < 4.78 is 48.7. The molecule has 0 unspecified atom stereocenters. The molecule has 0 amide bonds. The van der Waals surface area contributed by atoms with E-state index in [0.29, 0.717) is 12.3 Å². The first-order chi connectivity index (χ1) is 13.7. The maximum absolute atomic E-state index is 12.7. The summed E-state index contributed by atoms with van der Waals surface area (Å²) in [7, 11) is -6.95. The molecular formula is C23H39O4S2. The van der Waals surface area contributed by atoms with E-state index in [1.54, 1.807) is 0 Å². The molecule has 0 bridgehead atoms. The van der Waals surface area contributed by atoms with Crippen LogP contribution in [0.5, 0.6) is 0 Å². The third-order valence-corrected chi connectivity index (χ3v) is 8.30. The first kappa shape index (κ1) is 26.2. The van der Waals surface area contributed by atoms with Crippen LogP contribution in [0.1, 0.15) is 90.9 Å². The number of unbranched alkanes of at least 4 members (excludes halogenated alkanes) is 6. The highest BCUT2D eigenvalue weighted by atomic mass is 32.2. The Bertz CT molecular complexity index is 771. The summed E-state index contributed by atoms with van der Waals surface area (Å²) in [6.07, 6.45) is 15.0. The van der Waals surface area contributed by atoms with Gasteiger partial charge in [-0.1, -0.05) is 84.1 Å². The molecule has 1 aromatic carbocycles. The third-order valence-electron chi connectivity index (χ3n) is 5.46. The highest BCUT2D eigenvalue weighted by Gasteiger charge is 2.18. The van der Waals surface area contributed by atoms with Crippen LogP contribution in [-0.2, 0) is 19.7 Å². The van der Waals surface area contributed by atoms with Crippen LogP contribution in [-0.4, -0.2) is 28.8 Å². The maximum Gasteiger partial charge on any atom is 0.178 e. The molecule has 0 aromatic heterocycles. The Morgan fingerprint density at radius 2 is 1.38 bits per heavy atom. The number of hydrogen-bond donors (Lipinski definition) is 0. The molecule has 0 saturated carbocycles. The zero-order chi connectivity index (χ0) is 21.8. The minimum atomic E-state index is -3.48. The molecule has 0 fully saturated rings. The zero-order valence-corrected chi connectivity index (χ0v) is 20.1. The predicted molar refractivity (Wildman–Crippen MR) is 121 cm³/mol. The van der Waals surface area contributed by atoms with Crippen LogP contribution >= 0.6 is 0 Å². The number of hydrogen-bond acceptors (Lipinski definition) is 4. The van der Waals surface area contributed by atoms with Crippen LogP contribution in [0.2, 0.25) is 0 Å².